The first-order valence-corrected chi connectivity index (χ1v) is 28.8. The third-order valence-electron chi connectivity index (χ3n) is 11.6. The Morgan fingerprint density at radius 2 is 0.569 bits per heavy atom. The molecule has 0 aromatic heterocycles. The van der Waals surface area contributed by atoms with Crippen LogP contribution in [0.1, 0.15) is 233 Å². The van der Waals surface area contributed by atoms with E-state index >= 15 is 0 Å². The molecular formula is C66H104O6. The van der Waals surface area contributed by atoms with E-state index in [0.717, 1.165) is 128 Å². The second-order valence-corrected chi connectivity index (χ2v) is 18.4. The predicted molar refractivity (Wildman–Crippen MR) is 311 cm³/mol. The lowest BCUT2D eigenvalue weighted by atomic mass is 10.1. The van der Waals surface area contributed by atoms with Crippen LogP contribution in [0.4, 0.5) is 0 Å². The summed E-state index contributed by atoms with van der Waals surface area (Å²) in [4.78, 5) is 38.0. The molecule has 1 atom stereocenters. The number of ether oxygens (including phenoxy) is 3. The van der Waals surface area contributed by atoms with Crippen molar-refractivity contribution >= 4 is 17.9 Å². The van der Waals surface area contributed by atoms with E-state index in [2.05, 4.69) is 154 Å². The lowest BCUT2D eigenvalue weighted by molar-refractivity contribution is -0.166. The molecule has 404 valence electrons. The van der Waals surface area contributed by atoms with E-state index in [0.29, 0.717) is 19.3 Å². The highest BCUT2D eigenvalue weighted by molar-refractivity contribution is 5.71. The molecule has 0 saturated heterocycles. The molecule has 0 radical (unpaired) electrons. The molecule has 0 spiro atoms. The van der Waals surface area contributed by atoms with Crippen molar-refractivity contribution in [2.45, 2.75) is 239 Å². The molecule has 0 fully saturated rings. The monoisotopic (exact) mass is 993 g/mol. The lowest BCUT2D eigenvalue weighted by Crippen LogP contribution is -2.30. The predicted octanol–water partition coefficient (Wildman–Crippen LogP) is 19.6. The van der Waals surface area contributed by atoms with Crippen molar-refractivity contribution in [1.29, 1.82) is 0 Å². The largest absolute Gasteiger partial charge is 0.462 e. The molecule has 0 saturated carbocycles. The average Bonchev–Trinajstić information content (AvgIpc) is 3.38. The number of hydrogen-bond acceptors (Lipinski definition) is 6. The summed E-state index contributed by atoms with van der Waals surface area (Å²) in [5.41, 5.74) is 0. The van der Waals surface area contributed by atoms with Gasteiger partial charge in [-0.25, -0.2) is 0 Å². The van der Waals surface area contributed by atoms with Gasteiger partial charge in [0.05, 0.1) is 0 Å². The third kappa shape index (κ3) is 56.2. The van der Waals surface area contributed by atoms with Gasteiger partial charge in [-0.15, -0.1) is 0 Å². The van der Waals surface area contributed by atoms with Crippen molar-refractivity contribution in [3.8, 4) is 0 Å². The number of carbonyl (C=O) groups is 3. The van der Waals surface area contributed by atoms with Crippen LogP contribution in [0.5, 0.6) is 0 Å². The molecule has 6 nitrogen and oxygen atoms in total. The Morgan fingerprint density at radius 3 is 0.917 bits per heavy atom. The van der Waals surface area contributed by atoms with Gasteiger partial charge < -0.3 is 14.2 Å². The van der Waals surface area contributed by atoms with Gasteiger partial charge in [-0.1, -0.05) is 231 Å². The van der Waals surface area contributed by atoms with Gasteiger partial charge in [0.15, 0.2) is 6.10 Å². The Balaban J connectivity index is 4.36. The van der Waals surface area contributed by atoms with Crippen molar-refractivity contribution in [1.82, 2.24) is 0 Å². The van der Waals surface area contributed by atoms with E-state index < -0.39 is 12.1 Å². The van der Waals surface area contributed by atoms with Crippen LogP contribution in [0.2, 0.25) is 0 Å². The van der Waals surface area contributed by atoms with Crippen molar-refractivity contribution in [2.75, 3.05) is 13.2 Å². The zero-order valence-electron chi connectivity index (χ0n) is 46.1. The molecule has 0 aliphatic carbocycles. The molecule has 0 bridgehead atoms. The quantitative estimate of drug-likeness (QED) is 0.0261. The van der Waals surface area contributed by atoms with E-state index in [1.807, 2.05) is 12.2 Å². The van der Waals surface area contributed by atoms with Gasteiger partial charge in [-0.3, -0.25) is 14.4 Å². The highest BCUT2D eigenvalue weighted by atomic mass is 16.6. The number of rotatable bonds is 50. The van der Waals surface area contributed by atoms with Gasteiger partial charge >= 0.3 is 17.9 Å². The summed E-state index contributed by atoms with van der Waals surface area (Å²) in [5.74, 6) is -1.03. The fraction of sp³-hybridized carbons (Fsp3) is 0.591. The maximum absolute atomic E-state index is 12.8. The smallest absolute Gasteiger partial charge is 0.306 e. The minimum atomic E-state index is -0.829. The van der Waals surface area contributed by atoms with Crippen LogP contribution in [0.25, 0.3) is 0 Å². The molecule has 1 unspecified atom stereocenters. The Bertz CT molecular complexity index is 1610. The fourth-order valence-corrected chi connectivity index (χ4v) is 7.31. The molecular weight excluding hydrogens is 889 g/mol. The van der Waals surface area contributed by atoms with Crippen molar-refractivity contribution < 1.29 is 28.6 Å². The Hall–Kier alpha value is -4.71. The zero-order chi connectivity index (χ0) is 52.2. The Morgan fingerprint density at radius 1 is 0.292 bits per heavy atom. The minimum absolute atomic E-state index is 0.119. The molecule has 0 aliphatic rings. The summed E-state index contributed by atoms with van der Waals surface area (Å²) >= 11 is 0. The second kappa shape index (κ2) is 58.9. The third-order valence-corrected chi connectivity index (χ3v) is 11.6. The Labute approximate surface area is 442 Å². The minimum Gasteiger partial charge on any atom is -0.462 e. The van der Waals surface area contributed by atoms with Gasteiger partial charge in [-0.2, -0.15) is 0 Å². The zero-order valence-corrected chi connectivity index (χ0v) is 46.1. The van der Waals surface area contributed by atoms with E-state index in [1.165, 1.54) is 57.8 Å². The molecule has 6 heteroatoms. The van der Waals surface area contributed by atoms with Crippen LogP contribution in [-0.4, -0.2) is 37.2 Å². The molecule has 0 aliphatic heterocycles. The van der Waals surface area contributed by atoms with Gasteiger partial charge in [0.25, 0.3) is 0 Å². The van der Waals surface area contributed by atoms with Crippen LogP contribution in [0, 0.1) is 0 Å². The number of allylic oxidation sites excluding steroid dienone is 24. The van der Waals surface area contributed by atoms with Crippen molar-refractivity contribution in [3.05, 3.63) is 146 Å². The van der Waals surface area contributed by atoms with Crippen LogP contribution in [0.3, 0.4) is 0 Å². The van der Waals surface area contributed by atoms with Crippen LogP contribution >= 0.6 is 0 Å². The van der Waals surface area contributed by atoms with E-state index in [-0.39, 0.29) is 31.6 Å². The van der Waals surface area contributed by atoms with Crippen LogP contribution in [-0.2, 0) is 28.6 Å². The van der Waals surface area contributed by atoms with Crippen LogP contribution < -0.4 is 0 Å². The summed E-state index contributed by atoms with van der Waals surface area (Å²) in [6.07, 6.45) is 84.3. The summed E-state index contributed by atoms with van der Waals surface area (Å²) in [7, 11) is 0. The summed E-state index contributed by atoms with van der Waals surface area (Å²) in [5, 5.41) is 0. The van der Waals surface area contributed by atoms with Crippen molar-refractivity contribution in [3.63, 3.8) is 0 Å². The van der Waals surface area contributed by atoms with Crippen LogP contribution in [0.15, 0.2) is 146 Å². The number of hydrogen-bond donors (Lipinski definition) is 0. The summed E-state index contributed by atoms with van der Waals surface area (Å²) < 4.78 is 16.7. The number of carbonyl (C=O) groups excluding carboxylic acids is 3. The van der Waals surface area contributed by atoms with Gasteiger partial charge in [0.2, 0.25) is 0 Å². The first-order valence-electron chi connectivity index (χ1n) is 28.8. The van der Waals surface area contributed by atoms with Gasteiger partial charge in [0, 0.05) is 19.3 Å². The Kier molecular flexibility index (Phi) is 55.0. The van der Waals surface area contributed by atoms with Crippen molar-refractivity contribution in [2.24, 2.45) is 0 Å². The highest BCUT2D eigenvalue weighted by Crippen LogP contribution is 2.13. The molecule has 0 amide bonds. The second-order valence-electron chi connectivity index (χ2n) is 18.4. The standard InChI is InChI=1S/C66H104O6/c1-4-7-10-13-16-19-22-25-26-27-28-29-30-31-32-33-34-35-36-37-38-39-40-42-44-47-50-53-56-59-65(68)71-62-63(61-70-64(67)58-55-52-49-46-43-24-21-18-15-12-9-6-3)72-66(69)60-57-54-51-48-45-41-23-20-17-14-11-8-5-2/h7-8,10-11,16-21,25-26,28-29,31-32,34-35,37-38,41,45,51,54,63H,4-6,9,12-15,22-24,27,30,33,36,39-40,42-44,46-50,52-53,55-62H2,1-3H3/b10-7-,11-8-,19-16-,20-17-,21-18-,26-25-,29-28-,32-31-,35-34-,38-37-,45-41-,54-51-. The summed E-state index contributed by atoms with van der Waals surface area (Å²) in [6.45, 7) is 6.29. The number of unbranched alkanes of at least 4 members (excludes halogenated alkanes) is 15. The molecule has 0 N–H and O–H groups in total. The van der Waals surface area contributed by atoms with E-state index in [4.69, 9.17) is 14.2 Å². The first kappa shape index (κ1) is 67.3. The fourth-order valence-electron chi connectivity index (χ4n) is 7.31. The highest BCUT2D eigenvalue weighted by Gasteiger charge is 2.19. The first-order chi connectivity index (χ1) is 35.5. The van der Waals surface area contributed by atoms with Gasteiger partial charge in [-0.05, 0) is 128 Å². The lowest BCUT2D eigenvalue weighted by Gasteiger charge is -2.18. The summed E-state index contributed by atoms with van der Waals surface area (Å²) in [6, 6.07) is 0. The number of esters is 3. The van der Waals surface area contributed by atoms with Gasteiger partial charge in [0.1, 0.15) is 13.2 Å². The normalized spacial score (nSPS) is 13.2. The molecule has 72 heavy (non-hydrogen) atoms. The molecule has 0 aromatic rings. The average molecular weight is 994 g/mol. The SMILES string of the molecule is CC/C=C\C/C=C\C/C=C\C/C=C\C/C=C\C/C=C\C/C=C\CCCCCCCCCC(=O)OCC(COC(=O)CCCCCCC/C=C\CCCCC)OC(=O)CC/C=C\C/C=C\C/C=C\C/C=C\CC. The molecule has 0 aromatic carbocycles. The molecule has 0 rings (SSSR count). The maximum Gasteiger partial charge on any atom is 0.306 e. The topological polar surface area (TPSA) is 78.9 Å². The van der Waals surface area contributed by atoms with E-state index in [1.54, 1.807) is 0 Å². The van der Waals surface area contributed by atoms with E-state index in [9.17, 15) is 14.4 Å². The molecule has 0 heterocycles. The maximum atomic E-state index is 12.8.